The quantitative estimate of drug-likeness (QED) is 0.539. The molecule has 0 saturated carbocycles. The van der Waals surface area contributed by atoms with Gasteiger partial charge >= 0.3 is 5.97 Å². The molecule has 0 fully saturated rings. The number of fused-ring (bicyclic) bond motifs is 1. The first-order chi connectivity index (χ1) is 13.3. The van der Waals surface area contributed by atoms with Crippen LogP contribution in [0.15, 0.2) is 54.6 Å². The molecule has 1 amide bonds. The molecule has 1 N–H and O–H groups in total. The number of pyridine rings is 1. The van der Waals surface area contributed by atoms with Crippen LogP contribution in [0.5, 0.6) is 0 Å². The molecule has 3 rings (SSSR count). The van der Waals surface area contributed by atoms with Crippen molar-refractivity contribution in [2.75, 3.05) is 5.32 Å². The molecule has 1 aromatic heterocycles. The summed E-state index contributed by atoms with van der Waals surface area (Å²) < 4.78 is 5.36. The summed E-state index contributed by atoms with van der Waals surface area (Å²) in [4.78, 5) is 40.7. The predicted molar refractivity (Wildman–Crippen MR) is 106 cm³/mol. The molecule has 3 aromatic rings. The first-order valence-corrected chi connectivity index (χ1v) is 8.84. The number of carbonyl (C=O) groups excluding carboxylic acids is 3. The van der Waals surface area contributed by atoms with Gasteiger partial charge in [-0.15, -0.1) is 0 Å². The third kappa shape index (κ3) is 4.23. The van der Waals surface area contributed by atoms with Gasteiger partial charge in [0.15, 0.2) is 11.9 Å². The summed E-state index contributed by atoms with van der Waals surface area (Å²) >= 11 is 0. The first-order valence-electron chi connectivity index (χ1n) is 8.84. The van der Waals surface area contributed by atoms with Crippen LogP contribution in [-0.2, 0) is 9.53 Å². The molecule has 0 saturated heterocycles. The zero-order valence-electron chi connectivity index (χ0n) is 15.9. The van der Waals surface area contributed by atoms with Gasteiger partial charge in [0.2, 0.25) is 0 Å². The van der Waals surface area contributed by atoms with E-state index in [2.05, 4.69) is 10.3 Å². The van der Waals surface area contributed by atoms with E-state index < -0.39 is 18.0 Å². The Morgan fingerprint density at radius 2 is 1.71 bits per heavy atom. The highest BCUT2D eigenvalue weighted by Crippen LogP contribution is 2.20. The molecule has 28 heavy (non-hydrogen) atoms. The average molecular weight is 376 g/mol. The molecule has 0 spiro atoms. The molecule has 6 nitrogen and oxygen atoms in total. The average Bonchev–Trinajstić information content (AvgIpc) is 2.67. The van der Waals surface area contributed by atoms with Crippen LogP contribution >= 0.6 is 0 Å². The van der Waals surface area contributed by atoms with Crippen molar-refractivity contribution < 1.29 is 19.1 Å². The van der Waals surface area contributed by atoms with Crippen LogP contribution in [0.2, 0.25) is 0 Å². The summed E-state index contributed by atoms with van der Waals surface area (Å²) in [6, 6.07) is 15.4. The van der Waals surface area contributed by atoms with Crippen LogP contribution in [0, 0.1) is 6.92 Å². The molecular formula is C22H20N2O4. The second kappa shape index (κ2) is 8.00. The maximum Gasteiger partial charge on any atom is 0.339 e. The lowest BCUT2D eigenvalue weighted by molar-refractivity contribution is -0.123. The Hall–Kier alpha value is -3.54. The van der Waals surface area contributed by atoms with Crippen molar-refractivity contribution >= 4 is 34.3 Å². The Morgan fingerprint density at radius 1 is 1.04 bits per heavy atom. The fourth-order valence-corrected chi connectivity index (χ4v) is 2.79. The van der Waals surface area contributed by atoms with E-state index in [9.17, 15) is 14.4 Å². The number of nitrogens with zero attached hydrogens (tertiary/aromatic N) is 1. The monoisotopic (exact) mass is 376 g/mol. The number of amides is 1. The van der Waals surface area contributed by atoms with Gasteiger partial charge in [0.25, 0.3) is 5.91 Å². The van der Waals surface area contributed by atoms with Crippen LogP contribution < -0.4 is 5.32 Å². The van der Waals surface area contributed by atoms with Gasteiger partial charge in [-0.25, -0.2) is 4.79 Å². The minimum Gasteiger partial charge on any atom is -0.449 e. The number of esters is 1. The lowest BCUT2D eigenvalue weighted by Gasteiger charge is -2.15. The van der Waals surface area contributed by atoms with E-state index in [0.29, 0.717) is 33.4 Å². The standard InChI is InChI=1S/C22H20N2O4/c1-13-12-19(18-6-4-5-7-20(18)23-13)22(27)28-15(3)21(26)24-17-10-8-16(9-11-17)14(2)25/h4-12,15H,1-3H3,(H,24,26)/t15-/m1/s1. The van der Waals surface area contributed by atoms with E-state index in [1.165, 1.54) is 13.8 Å². The molecule has 0 radical (unpaired) electrons. The van der Waals surface area contributed by atoms with Gasteiger partial charge in [0.05, 0.1) is 11.1 Å². The van der Waals surface area contributed by atoms with Crippen LogP contribution in [0.1, 0.15) is 40.3 Å². The molecule has 6 heteroatoms. The second-order valence-corrected chi connectivity index (χ2v) is 6.50. The summed E-state index contributed by atoms with van der Waals surface area (Å²) in [7, 11) is 0. The summed E-state index contributed by atoms with van der Waals surface area (Å²) in [6.45, 7) is 4.77. The van der Waals surface area contributed by atoms with Crippen molar-refractivity contribution in [1.82, 2.24) is 4.98 Å². The summed E-state index contributed by atoms with van der Waals surface area (Å²) in [6.07, 6.45) is -0.993. The molecular weight excluding hydrogens is 356 g/mol. The minimum atomic E-state index is -0.993. The third-order valence-electron chi connectivity index (χ3n) is 4.28. The normalized spacial score (nSPS) is 11.7. The molecule has 0 bridgehead atoms. The third-order valence-corrected chi connectivity index (χ3v) is 4.28. The van der Waals surface area contributed by atoms with E-state index in [-0.39, 0.29) is 5.78 Å². The van der Waals surface area contributed by atoms with Crippen molar-refractivity contribution in [1.29, 1.82) is 0 Å². The van der Waals surface area contributed by atoms with E-state index in [1.807, 2.05) is 18.2 Å². The van der Waals surface area contributed by atoms with Gasteiger partial charge in [0, 0.05) is 22.3 Å². The minimum absolute atomic E-state index is 0.0555. The highest BCUT2D eigenvalue weighted by molar-refractivity contribution is 6.05. The van der Waals surface area contributed by atoms with Gasteiger partial charge in [-0.3, -0.25) is 14.6 Å². The summed E-state index contributed by atoms with van der Waals surface area (Å²) in [5, 5.41) is 3.35. The molecule has 142 valence electrons. The van der Waals surface area contributed by atoms with E-state index >= 15 is 0 Å². The molecule has 0 aliphatic rings. The fourth-order valence-electron chi connectivity index (χ4n) is 2.79. The van der Waals surface area contributed by atoms with Gasteiger partial charge in [0.1, 0.15) is 0 Å². The highest BCUT2D eigenvalue weighted by Gasteiger charge is 2.21. The summed E-state index contributed by atoms with van der Waals surface area (Å²) in [5.41, 5.74) is 2.82. The lowest BCUT2D eigenvalue weighted by Crippen LogP contribution is -2.30. The molecule has 1 heterocycles. The van der Waals surface area contributed by atoms with Gasteiger partial charge < -0.3 is 10.1 Å². The predicted octanol–water partition coefficient (Wildman–Crippen LogP) is 3.93. The number of Topliss-reactive ketones (excluding diaryl/α,β-unsaturated/α-hetero) is 1. The van der Waals surface area contributed by atoms with Gasteiger partial charge in [-0.05, 0) is 57.2 Å². The van der Waals surface area contributed by atoms with Crippen LogP contribution in [0.4, 0.5) is 5.69 Å². The Bertz CT molecular complexity index is 1060. The topological polar surface area (TPSA) is 85.4 Å². The van der Waals surface area contributed by atoms with Crippen molar-refractivity contribution in [3.63, 3.8) is 0 Å². The van der Waals surface area contributed by atoms with Crippen molar-refractivity contribution in [3.8, 4) is 0 Å². The number of carbonyl (C=O) groups is 3. The van der Waals surface area contributed by atoms with E-state index in [0.717, 1.165) is 0 Å². The Kier molecular flexibility index (Phi) is 5.49. The van der Waals surface area contributed by atoms with Gasteiger partial charge in [-0.2, -0.15) is 0 Å². The first kappa shape index (κ1) is 19.2. The maximum absolute atomic E-state index is 12.6. The van der Waals surface area contributed by atoms with Crippen molar-refractivity contribution in [2.24, 2.45) is 0 Å². The second-order valence-electron chi connectivity index (χ2n) is 6.50. The highest BCUT2D eigenvalue weighted by atomic mass is 16.5. The number of ether oxygens (including phenoxy) is 1. The number of aromatic nitrogens is 1. The Labute approximate surface area is 162 Å². The largest absolute Gasteiger partial charge is 0.449 e. The number of nitrogens with one attached hydrogen (secondary N) is 1. The zero-order chi connectivity index (χ0) is 20.3. The van der Waals surface area contributed by atoms with Crippen LogP contribution in [0.3, 0.4) is 0 Å². The number of hydrogen-bond acceptors (Lipinski definition) is 5. The number of aryl methyl sites for hydroxylation is 1. The number of benzene rings is 2. The fraction of sp³-hybridized carbons (Fsp3) is 0.182. The van der Waals surface area contributed by atoms with Crippen molar-refractivity contribution in [2.45, 2.75) is 26.9 Å². The SMILES string of the molecule is CC(=O)c1ccc(NC(=O)[C@@H](C)OC(=O)c2cc(C)nc3ccccc23)cc1. The Morgan fingerprint density at radius 3 is 2.39 bits per heavy atom. The van der Waals surface area contributed by atoms with Crippen LogP contribution in [-0.4, -0.2) is 28.7 Å². The van der Waals surface area contributed by atoms with E-state index in [4.69, 9.17) is 4.74 Å². The smallest absolute Gasteiger partial charge is 0.339 e. The number of rotatable bonds is 5. The zero-order valence-corrected chi connectivity index (χ0v) is 15.9. The molecule has 0 aliphatic carbocycles. The Balaban J connectivity index is 1.72. The number of anilines is 1. The lowest BCUT2D eigenvalue weighted by atomic mass is 10.1. The molecule has 2 aromatic carbocycles. The van der Waals surface area contributed by atoms with Gasteiger partial charge in [-0.1, -0.05) is 18.2 Å². The molecule has 1 atom stereocenters. The molecule has 0 aliphatic heterocycles. The maximum atomic E-state index is 12.6. The van der Waals surface area contributed by atoms with E-state index in [1.54, 1.807) is 43.3 Å². The van der Waals surface area contributed by atoms with Crippen LogP contribution in [0.25, 0.3) is 10.9 Å². The number of para-hydroxylation sites is 1. The number of ketones is 1. The number of hydrogen-bond donors (Lipinski definition) is 1. The van der Waals surface area contributed by atoms with Crippen molar-refractivity contribution in [3.05, 3.63) is 71.4 Å². The summed E-state index contributed by atoms with van der Waals surface area (Å²) in [5.74, 6) is -1.10. The molecule has 0 unspecified atom stereocenters.